The van der Waals surface area contributed by atoms with Gasteiger partial charge in [0, 0.05) is 39.4 Å². The maximum absolute atomic E-state index is 14.1. The fourth-order valence-electron chi connectivity index (χ4n) is 2.87. The zero-order valence-electron chi connectivity index (χ0n) is 11.4. The normalized spacial score (nSPS) is 14.1. The van der Waals surface area contributed by atoms with Gasteiger partial charge in [-0.15, -0.1) is 0 Å². The molecule has 0 saturated heterocycles. The molecule has 1 heterocycles. The van der Waals surface area contributed by atoms with Crippen LogP contribution in [-0.2, 0) is 0 Å². The van der Waals surface area contributed by atoms with Crippen molar-refractivity contribution < 1.29 is 14.0 Å². The fourth-order valence-corrected chi connectivity index (χ4v) is 2.87. The van der Waals surface area contributed by atoms with E-state index in [2.05, 4.69) is 4.98 Å². The van der Waals surface area contributed by atoms with Crippen LogP contribution >= 0.6 is 0 Å². The molecule has 106 valence electrons. The van der Waals surface area contributed by atoms with Crippen LogP contribution in [0.1, 0.15) is 26.3 Å². The van der Waals surface area contributed by atoms with Gasteiger partial charge < -0.3 is 4.98 Å². The molecule has 0 bridgehead atoms. The van der Waals surface area contributed by atoms with E-state index in [-0.39, 0.29) is 17.1 Å². The molecule has 3 aromatic rings. The zero-order valence-corrected chi connectivity index (χ0v) is 11.4. The third-order valence-corrected chi connectivity index (χ3v) is 3.90. The minimum atomic E-state index is -0.422. The van der Waals surface area contributed by atoms with Crippen LogP contribution in [0.25, 0.3) is 16.5 Å². The second kappa shape index (κ2) is 4.49. The van der Waals surface area contributed by atoms with Gasteiger partial charge in [0.15, 0.2) is 11.6 Å². The van der Waals surface area contributed by atoms with Gasteiger partial charge in [0.25, 0.3) is 0 Å². The summed E-state index contributed by atoms with van der Waals surface area (Å²) in [4.78, 5) is 27.8. The molecule has 3 nitrogen and oxygen atoms in total. The van der Waals surface area contributed by atoms with Crippen molar-refractivity contribution in [1.29, 1.82) is 0 Å². The Morgan fingerprint density at radius 3 is 2.45 bits per heavy atom. The van der Waals surface area contributed by atoms with Crippen molar-refractivity contribution in [2.75, 3.05) is 0 Å². The van der Waals surface area contributed by atoms with Gasteiger partial charge in [-0.3, -0.25) is 9.59 Å². The Labute approximate surface area is 125 Å². The molecule has 1 aliphatic carbocycles. The number of hydrogen-bond acceptors (Lipinski definition) is 2. The van der Waals surface area contributed by atoms with E-state index in [1.54, 1.807) is 42.6 Å². The van der Waals surface area contributed by atoms with Crippen molar-refractivity contribution >= 4 is 28.0 Å². The minimum Gasteiger partial charge on any atom is -0.360 e. The summed E-state index contributed by atoms with van der Waals surface area (Å²) >= 11 is 0. The number of aromatic nitrogens is 1. The number of allylic oxidation sites excluding steroid dienone is 2. The van der Waals surface area contributed by atoms with Gasteiger partial charge in [-0.1, -0.05) is 30.3 Å². The standard InChI is InChI=1S/C18H10FNO2/c19-14-6-3-7-15-17(14)13(9-20-15)12-8-16(21)10-4-1-2-5-11(10)18(12)22/h1-9,20H. The summed E-state index contributed by atoms with van der Waals surface area (Å²) in [5, 5.41) is 0.328. The summed E-state index contributed by atoms with van der Waals surface area (Å²) in [6, 6.07) is 11.3. The molecule has 2 aromatic carbocycles. The molecule has 0 atom stereocenters. The highest BCUT2D eigenvalue weighted by Crippen LogP contribution is 2.33. The summed E-state index contributed by atoms with van der Waals surface area (Å²) in [5.41, 5.74) is 1.98. The summed E-state index contributed by atoms with van der Waals surface area (Å²) in [7, 11) is 0. The molecule has 0 fully saturated rings. The third-order valence-electron chi connectivity index (χ3n) is 3.90. The highest BCUT2D eigenvalue weighted by Gasteiger charge is 2.27. The number of nitrogens with one attached hydrogen (secondary N) is 1. The third kappa shape index (κ3) is 1.67. The van der Waals surface area contributed by atoms with Crippen molar-refractivity contribution in [1.82, 2.24) is 4.98 Å². The molecule has 1 N–H and O–H groups in total. The Morgan fingerprint density at radius 1 is 0.864 bits per heavy atom. The molecule has 0 saturated carbocycles. The van der Waals surface area contributed by atoms with Gasteiger partial charge in [-0.2, -0.15) is 0 Å². The molecule has 22 heavy (non-hydrogen) atoms. The molecule has 0 unspecified atom stereocenters. The number of H-pyrrole nitrogens is 1. The lowest BCUT2D eigenvalue weighted by Crippen LogP contribution is -2.15. The second-order valence-electron chi connectivity index (χ2n) is 5.16. The first-order chi connectivity index (χ1) is 10.7. The van der Waals surface area contributed by atoms with Gasteiger partial charge in [-0.25, -0.2) is 4.39 Å². The molecule has 1 aliphatic rings. The van der Waals surface area contributed by atoms with E-state index in [0.717, 1.165) is 0 Å². The maximum Gasteiger partial charge on any atom is 0.194 e. The van der Waals surface area contributed by atoms with Gasteiger partial charge in [0.1, 0.15) is 5.82 Å². The maximum atomic E-state index is 14.1. The van der Waals surface area contributed by atoms with Crippen LogP contribution in [0.5, 0.6) is 0 Å². The number of carbonyl (C=O) groups excluding carboxylic acids is 2. The Kier molecular flexibility index (Phi) is 2.60. The molecule has 0 aliphatic heterocycles. The van der Waals surface area contributed by atoms with Crippen molar-refractivity contribution in [2.45, 2.75) is 0 Å². The number of ketones is 2. The van der Waals surface area contributed by atoms with Crippen molar-refractivity contribution in [3.05, 3.63) is 77.2 Å². The SMILES string of the molecule is O=C1C=C(c2c[nH]c3cccc(F)c23)C(=O)c2ccccc21. The van der Waals surface area contributed by atoms with Gasteiger partial charge in [0.05, 0.1) is 0 Å². The van der Waals surface area contributed by atoms with E-state index in [1.807, 2.05) is 0 Å². The van der Waals surface area contributed by atoms with Crippen LogP contribution in [0.15, 0.2) is 54.7 Å². The Balaban J connectivity index is 1.97. The molecular formula is C18H10FNO2. The number of Topliss-reactive ketones (excluding diaryl/α,β-unsaturated/α-hetero) is 1. The Hall–Kier alpha value is -3.01. The van der Waals surface area contributed by atoms with Gasteiger partial charge in [0.2, 0.25) is 0 Å². The smallest absolute Gasteiger partial charge is 0.194 e. The lowest BCUT2D eigenvalue weighted by Gasteiger charge is -2.14. The van der Waals surface area contributed by atoms with Gasteiger partial charge >= 0.3 is 0 Å². The van der Waals surface area contributed by atoms with Gasteiger partial charge in [-0.05, 0) is 18.2 Å². The number of rotatable bonds is 1. The number of benzene rings is 2. The predicted molar refractivity (Wildman–Crippen MR) is 81.3 cm³/mol. The first-order valence-electron chi connectivity index (χ1n) is 6.82. The molecule has 0 spiro atoms. The first kappa shape index (κ1) is 12.7. The summed E-state index contributed by atoms with van der Waals surface area (Å²) in [6.45, 7) is 0. The van der Waals surface area contributed by atoms with Crippen LogP contribution in [0.4, 0.5) is 4.39 Å². The summed E-state index contributed by atoms with van der Waals surface area (Å²) < 4.78 is 14.1. The first-order valence-corrected chi connectivity index (χ1v) is 6.82. The van der Waals surface area contributed by atoms with E-state index in [0.29, 0.717) is 27.6 Å². The van der Waals surface area contributed by atoms with E-state index in [1.165, 1.54) is 12.1 Å². The van der Waals surface area contributed by atoms with Crippen LogP contribution in [-0.4, -0.2) is 16.6 Å². The summed E-state index contributed by atoms with van der Waals surface area (Å²) in [6.07, 6.45) is 2.86. The Morgan fingerprint density at radius 2 is 1.64 bits per heavy atom. The fraction of sp³-hybridized carbons (Fsp3) is 0. The zero-order chi connectivity index (χ0) is 15.3. The number of carbonyl (C=O) groups is 2. The highest BCUT2D eigenvalue weighted by atomic mass is 19.1. The topological polar surface area (TPSA) is 49.9 Å². The number of hydrogen-bond donors (Lipinski definition) is 1. The molecule has 0 amide bonds. The van der Waals surface area contributed by atoms with Crippen LogP contribution in [0, 0.1) is 5.82 Å². The largest absolute Gasteiger partial charge is 0.360 e. The second-order valence-corrected chi connectivity index (χ2v) is 5.16. The van der Waals surface area contributed by atoms with E-state index < -0.39 is 5.82 Å². The van der Waals surface area contributed by atoms with Crippen molar-refractivity contribution in [3.63, 3.8) is 0 Å². The van der Waals surface area contributed by atoms with Crippen molar-refractivity contribution in [3.8, 4) is 0 Å². The monoisotopic (exact) mass is 291 g/mol. The lowest BCUT2D eigenvalue weighted by molar-refractivity contribution is 0.100. The highest BCUT2D eigenvalue weighted by molar-refractivity contribution is 6.39. The molecule has 4 heteroatoms. The van der Waals surface area contributed by atoms with Crippen LogP contribution in [0.3, 0.4) is 0 Å². The molecule has 1 aromatic heterocycles. The minimum absolute atomic E-state index is 0.222. The van der Waals surface area contributed by atoms with Crippen LogP contribution in [0.2, 0.25) is 0 Å². The number of halogens is 1. The molecule has 0 radical (unpaired) electrons. The molecule has 4 rings (SSSR count). The Bertz CT molecular complexity index is 982. The number of fused-ring (bicyclic) bond motifs is 2. The van der Waals surface area contributed by atoms with E-state index >= 15 is 0 Å². The van der Waals surface area contributed by atoms with Crippen LogP contribution < -0.4 is 0 Å². The summed E-state index contributed by atoms with van der Waals surface area (Å²) in [5.74, 6) is -0.927. The average molecular weight is 291 g/mol. The average Bonchev–Trinajstić information content (AvgIpc) is 2.96. The van der Waals surface area contributed by atoms with E-state index in [4.69, 9.17) is 0 Å². The number of aromatic amines is 1. The quantitative estimate of drug-likeness (QED) is 0.742. The van der Waals surface area contributed by atoms with Crippen molar-refractivity contribution in [2.24, 2.45) is 0 Å². The predicted octanol–water partition coefficient (Wildman–Crippen LogP) is 3.77. The lowest BCUT2D eigenvalue weighted by atomic mass is 9.86. The van der Waals surface area contributed by atoms with E-state index in [9.17, 15) is 14.0 Å². The molecular weight excluding hydrogens is 281 g/mol.